The van der Waals surface area contributed by atoms with Crippen molar-refractivity contribution in [2.24, 2.45) is 0 Å². The fourth-order valence-electron chi connectivity index (χ4n) is 1.79. The standard InChI is InChI=1S/C11H14IN/c1-11(12)7-9-5-3-4-6-10(9)8-13(11)2/h3-6H,7-8H2,1-2H3. The first kappa shape index (κ1) is 9.46. The molecule has 0 amide bonds. The van der Waals surface area contributed by atoms with Crippen molar-refractivity contribution in [1.82, 2.24) is 4.90 Å². The van der Waals surface area contributed by atoms with Crippen molar-refractivity contribution in [2.75, 3.05) is 7.05 Å². The topological polar surface area (TPSA) is 3.24 Å². The van der Waals surface area contributed by atoms with E-state index in [4.69, 9.17) is 0 Å². The lowest BCUT2D eigenvalue weighted by Gasteiger charge is -2.39. The molecule has 0 saturated heterocycles. The highest BCUT2D eigenvalue weighted by molar-refractivity contribution is 14.1. The molecule has 0 radical (unpaired) electrons. The lowest BCUT2D eigenvalue weighted by molar-refractivity contribution is 0.216. The summed E-state index contributed by atoms with van der Waals surface area (Å²) in [6.45, 7) is 3.37. The fourth-order valence-corrected chi connectivity index (χ4v) is 2.37. The van der Waals surface area contributed by atoms with E-state index in [1.54, 1.807) is 0 Å². The third kappa shape index (κ3) is 1.74. The predicted molar refractivity (Wildman–Crippen MR) is 64.0 cm³/mol. The highest BCUT2D eigenvalue weighted by Gasteiger charge is 2.31. The molecule has 0 N–H and O–H groups in total. The van der Waals surface area contributed by atoms with Crippen LogP contribution in [0.1, 0.15) is 18.1 Å². The van der Waals surface area contributed by atoms with Gasteiger partial charge in [-0.25, -0.2) is 0 Å². The van der Waals surface area contributed by atoms with E-state index in [9.17, 15) is 0 Å². The lowest BCUT2D eigenvalue weighted by atomic mass is 9.95. The summed E-state index contributed by atoms with van der Waals surface area (Å²) in [5.41, 5.74) is 3.00. The third-order valence-electron chi connectivity index (χ3n) is 2.83. The van der Waals surface area contributed by atoms with E-state index in [1.807, 2.05) is 0 Å². The highest BCUT2D eigenvalue weighted by Crippen LogP contribution is 2.34. The van der Waals surface area contributed by atoms with Crippen LogP contribution in [0.5, 0.6) is 0 Å². The Morgan fingerprint density at radius 3 is 2.62 bits per heavy atom. The molecule has 1 aromatic rings. The minimum atomic E-state index is 0.284. The zero-order chi connectivity index (χ0) is 9.47. The molecule has 1 aliphatic heterocycles. The quantitative estimate of drug-likeness (QED) is 0.403. The smallest absolute Gasteiger partial charge is 0.0742 e. The summed E-state index contributed by atoms with van der Waals surface area (Å²) in [5, 5.41) is 0. The van der Waals surface area contributed by atoms with Crippen LogP contribution < -0.4 is 0 Å². The molecule has 1 unspecified atom stereocenters. The average molecular weight is 287 g/mol. The van der Waals surface area contributed by atoms with Gasteiger partial charge in [0.1, 0.15) is 0 Å². The molecule has 1 aliphatic rings. The molecule has 0 aliphatic carbocycles. The van der Waals surface area contributed by atoms with Crippen LogP contribution in [0, 0.1) is 0 Å². The van der Waals surface area contributed by atoms with Gasteiger partial charge in [-0.2, -0.15) is 0 Å². The summed E-state index contributed by atoms with van der Waals surface area (Å²) < 4.78 is 0.284. The number of likely N-dealkylation sites (N-methyl/N-ethyl adjacent to an activating group) is 1. The normalized spacial score (nSPS) is 28.5. The van der Waals surface area contributed by atoms with E-state index in [2.05, 4.69) is 65.7 Å². The molecule has 1 heterocycles. The van der Waals surface area contributed by atoms with Crippen molar-refractivity contribution < 1.29 is 0 Å². The lowest BCUT2D eigenvalue weighted by Crippen LogP contribution is -2.43. The van der Waals surface area contributed by atoms with Crippen LogP contribution in [0.4, 0.5) is 0 Å². The number of hydrogen-bond donors (Lipinski definition) is 0. The Kier molecular flexibility index (Phi) is 2.36. The molecule has 2 rings (SSSR count). The largest absolute Gasteiger partial charge is 0.288 e. The second kappa shape index (κ2) is 3.24. The van der Waals surface area contributed by atoms with Gasteiger partial charge < -0.3 is 0 Å². The first-order valence-electron chi connectivity index (χ1n) is 4.56. The van der Waals surface area contributed by atoms with Gasteiger partial charge in [0.05, 0.1) is 3.55 Å². The zero-order valence-corrected chi connectivity index (χ0v) is 10.2. The number of halogens is 1. The summed E-state index contributed by atoms with van der Waals surface area (Å²) in [7, 11) is 2.20. The van der Waals surface area contributed by atoms with Gasteiger partial charge >= 0.3 is 0 Å². The summed E-state index contributed by atoms with van der Waals surface area (Å²) in [5.74, 6) is 0. The Morgan fingerprint density at radius 1 is 1.31 bits per heavy atom. The van der Waals surface area contributed by atoms with Gasteiger partial charge in [0.2, 0.25) is 0 Å². The van der Waals surface area contributed by atoms with Crippen molar-refractivity contribution in [3.05, 3.63) is 35.4 Å². The van der Waals surface area contributed by atoms with Gasteiger partial charge in [-0.3, -0.25) is 4.90 Å². The van der Waals surface area contributed by atoms with Crippen LogP contribution >= 0.6 is 22.6 Å². The van der Waals surface area contributed by atoms with Gasteiger partial charge in [-0.15, -0.1) is 0 Å². The summed E-state index contributed by atoms with van der Waals surface area (Å²) in [6.07, 6.45) is 1.15. The Labute approximate surface area is 93.3 Å². The summed E-state index contributed by atoms with van der Waals surface area (Å²) >= 11 is 2.54. The fraction of sp³-hybridized carbons (Fsp3) is 0.455. The maximum absolute atomic E-state index is 2.54. The number of fused-ring (bicyclic) bond motifs is 1. The Morgan fingerprint density at radius 2 is 1.92 bits per heavy atom. The second-order valence-corrected chi connectivity index (χ2v) is 6.27. The van der Waals surface area contributed by atoms with Crippen LogP contribution in [0.15, 0.2) is 24.3 Å². The monoisotopic (exact) mass is 287 g/mol. The van der Waals surface area contributed by atoms with Crippen LogP contribution in [-0.2, 0) is 13.0 Å². The zero-order valence-electron chi connectivity index (χ0n) is 8.05. The molecule has 1 nitrogen and oxygen atoms in total. The van der Waals surface area contributed by atoms with Gasteiger partial charge in [0.25, 0.3) is 0 Å². The number of alkyl halides is 1. The van der Waals surface area contributed by atoms with E-state index in [0.717, 1.165) is 13.0 Å². The Hall–Kier alpha value is -0.0900. The molecule has 1 aromatic carbocycles. The average Bonchev–Trinajstić information content (AvgIpc) is 2.06. The van der Waals surface area contributed by atoms with Gasteiger partial charge in [0, 0.05) is 13.0 Å². The third-order valence-corrected chi connectivity index (χ3v) is 4.04. The molecule has 0 bridgehead atoms. The van der Waals surface area contributed by atoms with Crippen molar-refractivity contribution in [3.8, 4) is 0 Å². The molecule has 0 fully saturated rings. The Bertz CT molecular complexity index is 320. The van der Waals surface area contributed by atoms with E-state index in [-0.39, 0.29) is 3.55 Å². The molecule has 0 spiro atoms. The molecular weight excluding hydrogens is 273 g/mol. The van der Waals surface area contributed by atoms with E-state index in [1.165, 1.54) is 11.1 Å². The molecule has 70 valence electrons. The van der Waals surface area contributed by atoms with E-state index >= 15 is 0 Å². The molecule has 1 atom stereocenters. The van der Waals surface area contributed by atoms with E-state index < -0.39 is 0 Å². The van der Waals surface area contributed by atoms with Gasteiger partial charge in [-0.05, 0) is 25.1 Å². The van der Waals surface area contributed by atoms with Crippen LogP contribution in [0.2, 0.25) is 0 Å². The van der Waals surface area contributed by atoms with Crippen molar-refractivity contribution in [2.45, 2.75) is 23.4 Å². The van der Waals surface area contributed by atoms with Crippen LogP contribution in [0.25, 0.3) is 0 Å². The number of hydrogen-bond acceptors (Lipinski definition) is 1. The minimum Gasteiger partial charge on any atom is -0.288 e. The SMILES string of the molecule is CN1Cc2ccccc2CC1(C)I. The van der Waals surface area contributed by atoms with Gasteiger partial charge in [0.15, 0.2) is 0 Å². The maximum Gasteiger partial charge on any atom is 0.0742 e. The van der Waals surface area contributed by atoms with Crippen molar-refractivity contribution >= 4 is 22.6 Å². The molecule has 2 heteroatoms. The predicted octanol–water partition coefficient (Wildman–Crippen LogP) is 2.83. The Balaban J connectivity index is 2.39. The maximum atomic E-state index is 2.54. The number of rotatable bonds is 0. The van der Waals surface area contributed by atoms with E-state index in [0.29, 0.717) is 0 Å². The first-order chi connectivity index (χ1) is 6.09. The summed E-state index contributed by atoms with van der Waals surface area (Å²) in [4.78, 5) is 2.41. The summed E-state index contributed by atoms with van der Waals surface area (Å²) in [6, 6.07) is 8.75. The molecule has 13 heavy (non-hydrogen) atoms. The van der Waals surface area contributed by atoms with Crippen molar-refractivity contribution in [1.29, 1.82) is 0 Å². The highest BCUT2D eigenvalue weighted by atomic mass is 127. The minimum absolute atomic E-state index is 0.284. The second-order valence-electron chi connectivity index (χ2n) is 3.94. The molecule has 0 saturated carbocycles. The van der Waals surface area contributed by atoms with Crippen molar-refractivity contribution in [3.63, 3.8) is 0 Å². The van der Waals surface area contributed by atoms with Gasteiger partial charge in [-0.1, -0.05) is 46.9 Å². The molecule has 0 aromatic heterocycles. The van der Waals surface area contributed by atoms with Crippen LogP contribution in [0.3, 0.4) is 0 Å². The number of benzene rings is 1. The number of nitrogens with zero attached hydrogens (tertiary/aromatic N) is 1. The van der Waals surface area contributed by atoms with Crippen LogP contribution in [-0.4, -0.2) is 15.5 Å². The first-order valence-corrected chi connectivity index (χ1v) is 5.64. The molecular formula is C11H14IN.